The first-order valence-corrected chi connectivity index (χ1v) is 6.41. The van der Waals surface area contributed by atoms with Crippen molar-refractivity contribution in [2.45, 2.75) is 19.3 Å². The van der Waals surface area contributed by atoms with E-state index >= 15 is 0 Å². The molecule has 0 radical (unpaired) electrons. The number of carbonyl (C=O) groups is 2. The Balaban J connectivity index is 1.68. The summed E-state index contributed by atoms with van der Waals surface area (Å²) < 4.78 is 4.95. The number of carbonyl (C=O) groups excluding carboxylic acids is 2. The second kappa shape index (κ2) is 6.73. The molecule has 1 aliphatic rings. The molecular weight excluding hydrogens is 242 g/mol. The molecule has 1 aromatic rings. The molecule has 1 aliphatic carbocycles. The zero-order valence-electron chi connectivity index (χ0n) is 10.7. The van der Waals surface area contributed by atoms with Crippen molar-refractivity contribution in [3.05, 3.63) is 42.5 Å². The molecule has 0 fully saturated rings. The van der Waals surface area contributed by atoms with Crippen LogP contribution in [0.4, 0.5) is 5.69 Å². The minimum atomic E-state index is -0.320. The van der Waals surface area contributed by atoms with Gasteiger partial charge in [0.25, 0.3) is 5.91 Å². The average molecular weight is 259 g/mol. The van der Waals surface area contributed by atoms with Gasteiger partial charge in [-0.25, -0.2) is 0 Å². The van der Waals surface area contributed by atoms with Crippen molar-refractivity contribution < 1.29 is 14.3 Å². The largest absolute Gasteiger partial charge is 0.456 e. The van der Waals surface area contributed by atoms with E-state index in [0.29, 0.717) is 12.1 Å². The van der Waals surface area contributed by atoms with Crippen LogP contribution in [0.1, 0.15) is 19.3 Å². The highest BCUT2D eigenvalue weighted by Crippen LogP contribution is 2.20. The standard InChI is InChI=1S/C15H17NO3/c17-14(16-13-8-2-1-3-9-13)11-19-15(18)10-12-6-4-5-7-12/h1-4,6,8-9,12H,5,7,10-11H2,(H,16,17)/t12-/m0/s1. The lowest BCUT2D eigenvalue weighted by atomic mass is 10.1. The molecule has 19 heavy (non-hydrogen) atoms. The first-order valence-electron chi connectivity index (χ1n) is 6.41. The second-order valence-electron chi connectivity index (χ2n) is 4.54. The topological polar surface area (TPSA) is 55.4 Å². The van der Waals surface area contributed by atoms with Crippen LogP contribution in [0.5, 0.6) is 0 Å². The SMILES string of the molecule is O=C(COC(=O)C[C@H]1C=CCC1)Nc1ccccc1. The van der Waals surface area contributed by atoms with Crippen LogP contribution in [0.25, 0.3) is 0 Å². The summed E-state index contributed by atoms with van der Waals surface area (Å²) in [6.07, 6.45) is 6.47. The first-order chi connectivity index (χ1) is 9.24. The molecule has 0 unspecified atom stereocenters. The van der Waals surface area contributed by atoms with Crippen molar-refractivity contribution >= 4 is 17.6 Å². The summed E-state index contributed by atoms with van der Waals surface area (Å²) in [5.41, 5.74) is 0.697. The Morgan fingerprint density at radius 3 is 2.74 bits per heavy atom. The lowest BCUT2D eigenvalue weighted by Gasteiger charge is -2.08. The maximum Gasteiger partial charge on any atom is 0.306 e. The third-order valence-corrected chi connectivity index (χ3v) is 2.96. The molecule has 0 aromatic heterocycles. The Morgan fingerprint density at radius 1 is 1.26 bits per heavy atom. The molecule has 1 aromatic carbocycles. The van der Waals surface area contributed by atoms with E-state index in [1.165, 1.54) is 0 Å². The molecule has 1 amide bonds. The number of hydrogen-bond donors (Lipinski definition) is 1. The van der Waals surface area contributed by atoms with Crippen LogP contribution >= 0.6 is 0 Å². The van der Waals surface area contributed by atoms with Gasteiger partial charge in [0.15, 0.2) is 6.61 Å². The molecule has 0 spiro atoms. The van der Waals surface area contributed by atoms with E-state index in [4.69, 9.17) is 4.74 Å². The van der Waals surface area contributed by atoms with Gasteiger partial charge in [0, 0.05) is 5.69 Å². The zero-order valence-corrected chi connectivity index (χ0v) is 10.7. The Morgan fingerprint density at radius 2 is 2.05 bits per heavy atom. The van der Waals surface area contributed by atoms with Crippen LogP contribution in [0.15, 0.2) is 42.5 Å². The second-order valence-corrected chi connectivity index (χ2v) is 4.54. The lowest BCUT2D eigenvalue weighted by molar-refractivity contribution is -0.147. The predicted molar refractivity (Wildman–Crippen MR) is 72.5 cm³/mol. The van der Waals surface area contributed by atoms with Crippen LogP contribution in [-0.4, -0.2) is 18.5 Å². The maximum atomic E-state index is 11.6. The first kappa shape index (κ1) is 13.3. The molecule has 4 nitrogen and oxygen atoms in total. The number of esters is 1. The van der Waals surface area contributed by atoms with Gasteiger partial charge in [0.2, 0.25) is 0 Å². The van der Waals surface area contributed by atoms with Gasteiger partial charge in [-0.1, -0.05) is 30.4 Å². The van der Waals surface area contributed by atoms with E-state index in [-0.39, 0.29) is 24.4 Å². The lowest BCUT2D eigenvalue weighted by Crippen LogP contribution is -2.21. The van der Waals surface area contributed by atoms with Gasteiger partial charge >= 0.3 is 5.97 Å². The third-order valence-electron chi connectivity index (χ3n) is 2.96. The zero-order chi connectivity index (χ0) is 13.5. The normalized spacial score (nSPS) is 17.2. The third kappa shape index (κ3) is 4.58. The van der Waals surface area contributed by atoms with E-state index in [2.05, 4.69) is 11.4 Å². The van der Waals surface area contributed by atoms with Crippen LogP contribution in [0.3, 0.4) is 0 Å². The molecule has 1 atom stereocenters. The van der Waals surface area contributed by atoms with E-state index < -0.39 is 0 Å². The summed E-state index contributed by atoms with van der Waals surface area (Å²) in [6.45, 7) is -0.232. The van der Waals surface area contributed by atoms with Gasteiger partial charge in [-0.05, 0) is 30.9 Å². The molecule has 4 heteroatoms. The van der Waals surface area contributed by atoms with Crippen molar-refractivity contribution in [1.82, 2.24) is 0 Å². The fraction of sp³-hybridized carbons (Fsp3) is 0.333. The average Bonchev–Trinajstić information content (AvgIpc) is 2.90. The molecule has 0 saturated heterocycles. The fourth-order valence-electron chi connectivity index (χ4n) is 2.00. The Labute approximate surface area is 112 Å². The number of anilines is 1. The van der Waals surface area contributed by atoms with Crippen molar-refractivity contribution in [2.75, 3.05) is 11.9 Å². The van der Waals surface area contributed by atoms with Crippen LogP contribution in [-0.2, 0) is 14.3 Å². The van der Waals surface area contributed by atoms with Crippen molar-refractivity contribution in [3.63, 3.8) is 0 Å². The highest BCUT2D eigenvalue weighted by molar-refractivity contribution is 5.92. The highest BCUT2D eigenvalue weighted by Gasteiger charge is 2.15. The molecule has 0 saturated carbocycles. The monoisotopic (exact) mass is 259 g/mol. The smallest absolute Gasteiger partial charge is 0.306 e. The molecular formula is C15H17NO3. The summed E-state index contributed by atoms with van der Waals surface area (Å²) in [6, 6.07) is 9.08. The van der Waals surface area contributed by atoms with Crippen molar-refractivity contribution in [3.8, 4) is 0 Å². The molecule has 1 N–H and O–H groups in total. The minimum absolute atomic E-state index is 0.232. The number of para-hydroxylation sites is 1. The van der Waals surface area contributed by atoms with Crippen molar-refractivity contribution in [2.24, 2.45) is 5.92 Å². The van der Waals surface area contributed by atoms with Gasteiger partial charge in [-0.2, -0.15) is 0 Å². The summed E-state index contributed by atoms with van der Waals surface area (Å²) in [4.78, 5) is 23.1. The van der Waals surface area contributed by atoms with Gasteiger partial charge in [-0.15, -0.1) is 0 Å². The highest BCUT2D eigenvalue weighted by atomic mass is 16.5. The summed E-state index contributed by atoms with van der Waals surface area (Å²) in [5.74, 6) is -0.369. The Hall–Kier alpha value is -2.10. The fourth-order valence-corrected chi connectivity index (χ4v) is 2.00. The molecule has 100 valence electrons. The molecule has 2 rings (SSSR count). The molecule has 0 heterocycles. The van der Waals surface area contributed by atoms with E-state index in [0.717, 1.165) is 12.8 Å². The van der Waals surface area contributed by atoms with Crippen LogP contribution < -0.4 is 5.32 Å². The number of ether oxygens (including phenoxy) is 1. The number of rotatable bonds is 5. The number of hydrogen-bond acceptors (Lipinski definition) is 3. The van der Waals surface area contributed by atoms with E-state index in [9.17, 15) is 9.59 Å². The number of allylic oxidation sites excluding steroid dienone is 2. The minimum Gasteiger partial charge on any atom is -0.456 e. The van der Waals surface area contributed by atoms with Crippen LogP contribution in [0, 0.1) is 5.92 Å². The van der Waals surface area contributed by atoms with Crippen molar-refractivity contribution in [1.29, 1.82) is 0 Å². The maximum absolute atomic E-state index is 11.6. The Bertz CT molecular complexity index is 468. The van der Waals surface area contributed by atoms with E-state index in [1.54, 1.807) is 12.1 Å². The van der Waals surface area contributed by atoms with E-state index in [1.807, 2.05) is 24.3 Å². The quantitative estimate of drug-likeness (QED) is 0.653. The Kier molecular flexibility index (Phi) is 4.72. The predicted octanol–water partition coefficient (Wildman–Crippen LogP) is 2.52. The number of benzene rings is 1. The summed E-state index contributed by atoms with van der Waals surface area (Å²) in [7, 11) is 0. The summed E-state index contributed by atoms with van der Waals surface area (Å²) >= 11 is 0. The van der Waals surface area contributed by atoms with Gasteiger partial charge < -0.3 is 10.1 Å². The van der Waals surface area contributed by atoms with Crippen LogP contribution in [0.2, 0.25) is 0 Å². The van der Waals surface area contributed by atoms with Gasteiger partial charge in [0.1, 0.15) is 0 Å². The number of amides is 1. The molecule has 0 aliphatic heterocycles. The van der Waals surface area contributed by atoms with Gasteiger partial charge in [0.05, 0.1) is 6.42 Å². The number of nitrogens with one attached hydrogen (secondary N) is 1. The van der Waals surface area contributed by atoms with Gasteiger partial charge in [-0.3, -0.25) is 9.59 Å². The summed E-state index contributed by atoms with van der Waals surface area (Å²) in [5, 5.41) is 2.66. The molecule has 0 bridgehead atoms.